The van der Waals surface area contributed by atoms with Crippen LogP contribution in [0, 0.1) is 10.5 Å². The monoisotopic (exact) mass is 322 g/mol. The summed E-state index contributed by atoms with van der Waals surface area (Å²) in [5, 5.41) is 17.6. The molecule has 0 atom stereocenters. The number of rotatable bonds is 3. The predicted molar refractivity (Wildman–Crippen MR) is 58.5 cm³/mol. The molecule has 0 saturated carbocycles. The first-order chi connectivity index (χ1) is 6.97. The van der Waals surface area contributed by atoms with Crippen molar-refractivity contribution in [3.05, 3.63) is 32.4 Å². The first kappa shape index (κ1) is 11.8. The molecule has 0 spiro atoms. The molecule has 0 aliphatic rings. The summed E-state index contributed by atoms with van der Waals surface area (Å²) < 4.78 is 10.9. The highest BCUT2D eigenvalue weighted by Gasteiger charge is 2.16. The minimum absolute atomic E-state index is 0.00875. The molecule has 80 valence electrons. The lowest BCUT2D eigenvalue weighted by molar-refractivity contribution is 0.0679. The van der Waals surface area contributed by atoms with Crippen molar-refractivity contribution in [2.24, 2.45) is 0 Å². The Labute approximate surface area is 95.4 Å². The average molecular weight is 322 g/mol. The quantitative estimate of drug-likeness (QED) is 0.829. The Hall–Kier alpha value is -1.31. The zero-order valence-electron chi connectivity index (χ0n) is 7.65. The van der Waals surface area contributed by atoms with E-state index in [9.17, 15) is 12.7 Å². The van der Waals surface area contributed by atoms with E-state index in [1.807, 2.05) is 0 Å². The highest BCUT2D eigenvalue weighted by molar-refractivity contribution is 14.1. The van der Waals surface area contributed by atoms with Gasteiger partial charge in [0, 0.05) is 0 Å². The van der Waals surface area contributed by atoms with Crippen molar-refractivity contribution in [3.63, 3.8) is 0 Å². The third-order valence-electron chi connectivity index (χ3n) is 1.86. The van der Waals surface area contributed by atoms with E-state index in [1.54, 1.807) is 0 Å². The van der Waals surface area contributed by atoms with Crippen molar-refractivity contribution in [2.75, 3.05) is 0 Å². The normalized spacial score (nSPS) is 9.93. The lowest BCUT2D eigenvalue weighted by atomic mass is 10.1. The maximum Gasteiger partial charge on any atom is 0.336 e. The molecule has 0 radical (unpaired) electrons. The second-order valence-electron chi connectivity index (χ2n) is 2.83. The minimum atomic E-state index is -1.70. The number of halogens is 1. The van der Waals surface area contributed by atoms with E-state index >= 15 is 0 Å². The molecule has 5 nitrogen and oxygen atoms in total. The molecule has 0 fully saturated rings. The summed E-state index contributed by atoms with van der Waals surface area (Å²) in [6.45, 7) is 1.50. The van der Waals surface area contributed by atoms with Crippen LogP contribution in [0.1, 0.15) is 26.3 Å². The lowest BCUT2D eigenvalue weighted by Crippen LogP contribution is -2.06. The number of hydrogen-bond acceptors (Lipinski definition) is 3. The molecular weight excluding hydrogens is 315 g/mol. The second-order valence-corrected chi connectivity index (χ2v) is 4.44. The number of carboxylic acid groups (broad SMARTS) is 2. The highest BCUT2D eigenvalue weighted by Crippen LogP contribution is 2.21. The van der Waals surface area contributed by atoms with Crippen molar-refractivity contribution in [1.29, 1.82) is 0 Å². The smallest absolute Gasteiger partial charge is 0.336 e. The first-order valence-electron chi connectivity index (χ1n) is 3.85. The van der Waals surface area contributed by atoms with Crippen molar-refractivity contribution >= 4 is 33.1 Å². The van der Waals surface area contributed by atoms with Gasteiger partial charge in [-0.05, 0) is 24.6 Å². The van der Waals surface area contributed by atoms with E-state index in [1.165, 1.54) is 19.1 Å². The number of carboxylic acids is 2. The molecule has 15 heavy (non-hydrogen) atoms. The van der Waals surface area contributed by atoms with Crippen LogP contribution in [-0.4, -0.2) is 22.2 Å². The van der Waals surface area contributed by atoms with Crippen LogP contribution >= 0.6 is 21.2 Å². The van der Waals surface area contributed by atoms with E-state index in [4.69, 9.17) is 10.2 Å². The molecular formula is C9H7IO5. The summed E-state index contributed by atoms with van der Waals surface area (Å²) in [6, 6.07) is 2.40. The summed E-state index contributed by atoms with van der Waals surface area (Å²) in [7, 11) is 0. The van der Waals surface area contributed by atoms with Gasteiger partial charge < -0.3 is 10.2 Å². The van der Waals surface area contributed by atoms with Gasteiger partial charge in [-0.1, -0.05) is 0 Å². The van der Waals surface area contributed by atoms with Gasteiger partial charge in [-0.15, -0.1) is 0 Å². The van der Waals surface area contributed by atoms with Crippen molar-refractivity contribution in [3.8, 4) is 0 Å². The number of aromatic carboxylic acids is 2. The molecule has 0 amide bonds. The highest BCUT2D eigenvalue weighted by atomic mass is 127. The van der Waals surface area contributed by atoms with Crippen molar-refractivity contribution < 1.29 is 22.9 Å². The van der Waals surface area contributed by atoms with E-state index in [2.05, 4.69) is 0 Å². The van der Waals surface area contributed by atoms with Gasteiger partial charge in [0.2, 0.25) is 0 Å². The maximum absolute atomic E-state index is 10.8. The average Bonchev–Trinajstić information content (AvgIpc) is 2.16. The third kappa shape index (κ3) is 2.38. The summed E-state index contributed by atoms with van der Waals surface area (Å²) in [4.78, 5) is 21.5. The molecule has 0 bridgehead atoms. The van der Waals surface area contributed by atoms with Gasteiger partial charge in [-0.3, -0.25) is 3.07 Å². The predicted octanol–water partition coefficient (Wildman–Crippen LogP) is 1.88. The van der Waals surface area contributed by atoms with Crippen LogP contribution in [0.25, 0.3) is 0 Å². The van der Waals surface area contributed by atoms with Gasteiger partial charge in [-0.2, -0.15) is 0 Å². The topological polar surface area (TPSA) is 91.7 Å². The van der Waals surface area contributed by atoms with E-state index in [-0.39, 0.29) is 14.7 Å². The van der Waals surface area contributed by atoms with Crippen molar-refractivity contribution in [1.82, 2.24) is 0 Å². The molecule has 0 aliphatic heterocycles. The standard InChI is InChI=1S/C9H7IO5/c1-4-2-6(9(13)14)7(10-15)3-5(4)8(11)12/h2-3H,1H3,(H,11,12)(H,13,14). The van der Waals surface area contributed by atoms with E-state index in [0.29, 0.717) is 5.56 Å². The molecule has 0 aromatic heterocycles. The Balaban J connectivity index is 3.48. The van der Waals surface area contributed by atoms with Crippen LogP contribution < -0.4 is 0 Å². The number of carbonyl (C=O) groups is 2. The van der Waals surface area contributed by atoms with E-state index in [0.717, 1.165) is 0 Å². The van der Waals surface area contributed by atoms with Crippen LogP contribution in [0.2, 0.25) is 0 Å². The molecule has 6 heteroatoms. The first-order valence-corrected chi connectivity index (χ1v) is 5.81. The molecule has 2 N–H and O–H groups in total. The van der Waals surface area contributed by atoms with Gasteiger partial charge >= 0.3 is 11.9 Å². The van der Waals surface area contributed by atoms with Gasteiger partial charge in [-0.25, -0.2) is 9.59 Å². The number of aryl methyl sites for hydroxylation is 1. The zero-order valence-corrected chi connectivity index (χ0v) is 9.81. The molecule has 0 unspecified atom stereocenters. The molecule has 1 aromatic rings. The minimum Gasteiger partial charge on any atom is -0.478 e. The van der Waals surface area contributed by atoms with Crippen LogP contribution in [0.15, 0.2) is 12.1 Å². The molecule has 0 aliphatic carbocycles. The Morgan fingerprint density at radius 1 is 1.13 bits per heavy atom. The zero-order chi connectivity index (χ0) is 11.6. The SMILES string of the molecule is Cc1cc(C(=O)O)c(I=O)cc1C(=O)O. The van der Waals surface area contributed by atoms with Crippen LogP contribution in [0.4, 0.5) is 0 Å². The summed E-state index contributed by atoms with van der Waals surface area (Å²) in [5.74, 6) is -2.34. The van der Waals surface area contributed by atoms with Gasteiger partial charge in [0.1, 0.15) is 0 Å². The largest absolute Gasteiger partial charge is 0.478 e. The lowest BCUT2D eigenvalue weighted by Gasteiger charge is -2.04. The third-order valence-corrected chi connectivity index (χ3v) is 3.22. The number of benzene rings is 1. The Kier molecular flexibility index (Phi) is 3.51. The number of hydrogen-bond donors (Lipinski definition) is 2. The summed E-state index contributed by atoms with van der Waals surface area (Å²) in [5.41, 5.74) is 0.256. The fourth-order valence-corrected chi connectivity index (χ4v) is 2.20. The fraction of sp³-hybridized carbons (Fsp3) is 0.111. The Morgan fingerprint density at radius 2 is 1.67 bits per heavy atom. The fourth-order valence-electron chi connectivity index (χ4n) is 1.14. The van der Waals surface area contributed by atoms with Crippen LogP contribution in [0.3, 0.4) is 0 Å². The van der Waals surface area contributed by atoms with Gasteiger partial charge in [0.25, 0.3) is 0 Å². The maximum atomic E-state index is 10.8. The van der Waals surface area contributed by atoms with Crippen molar-refractivity contribution in [2.45, 2.75) is 6.92 Å². The molecule has 1 rings (SSSR count). The summed E-state index contributed by atoms with van der Waals surface area (Å²) >= 11 is -1.70. The molecule has 0 saturated heterocycles. The van der Waals surface area contributed by atoms with E-state index < -0.39 is 33.1 Å². The molecule has 1 aromatic carbocycles. The van der Waals surface area contributed by atoms with Gasteiger partial charge in [0.05, 0.1) is 14.7 Å². The van der Waals surface area contributed by atoms with Crippen LogP contribution in [0.5, 0.6) is 0 Å². The van der Waals surface area contributed by atoms with Gasteiger partial charge in [0.15, 0.2) is 21.2 Å². The Morgan fingerprint density at radius 3 is 2.07 bits per heavy atom. The Bertz CT molecular complexity index is 452. The summed E-state index contributed by atoms with van der Waals surface area (Å²) in [6.07, 6.45) is 0. The second kappa shape index (κ2) is 4.47. The molecule has 0 heterocycles. The van der Waals surface area contributed by atoms with Crippen LogP contribution in [-0.2, 0) is 3.07 Å².